The molecule has 2 aliphatic rings. The van der Waals surface area contributed by atoms with Gasteiger partial charge >= 0.3 is 11.7 Å². The Balaban J connectivity index is 1.66. The summed E-state index contributed by atoms with van der Waals surface area (Å²) in [6.45, 7) is 0. The van der Waals surface area contributed by atoms with E-state index in [2.05, 4.69) is 15.0 Å². The van der Waals surface area contributed by atoms with Crippen molar-refractivity contribution in [3.05, 3.63) is 27.3 Å². The molecule has 2 aromatic heterocycles. The molecule has 34 heavy (non-hydrogen) atoms. The van der Waals surface area contributed by atoms with Gasteiger partial charge in [0, 0.05) is 18.3 Å². The second-order valence-corrected chi connectivity index (χ2v) is 10.4. The van der Waals surface area contributed by atoms with E-state index in [0.717, 1.165) is 62.7 Å². The normalized spacial score (nSPS) is 18.5. The highest BCUT2D eigenvalue weighted by molar-refractivity contribution is 7.14. The number of carbonyl (C=O) groups excluding carboxylic acids is 2. The third-order valence-corrected chi connectivity index (χ3v) is 8.09. The van der Waals surface area contributed by atoms with Gasteiger partial charge in [0.15, 0.2) is 10.8 Å². The van der Waals surface area contributed by atoms with Crippen LogP contribution in [0, 0.1) is 5.92 Å². The van der Waals surface area contributed by atoms with E-state index in [1.807, 2.05) is 0 Å². The highest BCUT2D eigenvalue weighted by Crippen LogP contribution is 2.39. The van der Waals surface area contributed by atoms with Crippen molar-refractivity contribution in [1.82, 2.24) is 14.1 Å². The second-order valence-electron chi connectivity index (χ2n) is 9.53. The van der Waals surface area contributed by atoms with Gasteiger partial charge in [-0.2, -0.15) is 0 Å². The van der Waals surface area contributed by atoms with Gasteiger partial charge in [0.25, 0.3) is 0 Å². The highest BCUT2D eigenvalue weighted by atomic mass is 32.1. The zero-order valence-corrected chi connectivity index (χ0v) is 20.7. The minimum atomic E-state index is -0.857. The number of nitrogens with one attached hydrogen (secondary N) is 1. The minimum absolute atomic E-state index is 0.0928. The fourth-order valence-corrected chi connectivity index (χ4v) is 6.21. The van der Waals surface area contributed by atoms with E-state index in [4.69, 9.17) is 0 Å². The first-order chi connectivity index (χ1) is 16.4. The summed E-state index contributed by atoms with van der Waals surface area (Å²) < 4.78 is 7.49. The molecule has 1 amide bonds. The zero-order valence-electron chi connectivity index (χ0n) is 19.9. The van der Waals surface area contributed by atoms with Crippen LogP contribution in [0.4, 0.5) is 5.13 Å². The van der Waals surface area contributed by atoms with Crippen LogP contribution in [-0.4, -0.2) is 38.2 Å². The second kappa shape index (κ2) is 10.8. The predicted octanol–water partition coefficient (Wildman–Crippen LogP) is 4.33. The number of imidazole rings is 1. The molecule has 0 aromatic carbocycles. The van der Waals surface area contributed by atoms with Crippen molar-refractivity contribution in [2.45, 2.75) is 82.6 Å². The SMILES string of the molecule is COC(=O)c1csc(NC(=O)[C@H](CC2CCCCC2)n2c(O)c(C3CCCCC3)n(C)c2=O)n1. The van der Waals surface area contributed by atoms with Crippen LogP contribution in [0.5, 0.6) is 5.88 Å². The van der Waals surface area contributed by atoms with Crippen LogP contribution < -0.4 is 11.0 Å². The Hall–Kier alpha value is -2.62. The van der Waals surface area contributed by atoms with E-state index >= 15 is 0 Å². The van der Waals surface area contributed by atoms with E-state index in [-0.39, 0.29) is 28.3 Å². The van der Waals surface area contributed by atoms with Crippen molar-refractivity contribution in [2.24, 2.45) is 13.0 Å². The smallest absolute Gasteiger partial charge is 0.357 e. The number of thiazole rings is 1. The molecule has 0 bridgehead atoms. The average molecular weight is 491 g/mol. The maximum absolute atomic E-state index is 13.5. The molecule has 0 aliphatic heterocycles. The molecule has 0 saturated heterocycles. The van der Waals surface area contributed by atoms with Crippen LogP contribution in [0.25, 0.3) is 0 Å². The first-order valence-electron chi connectivity index (χ1n) is 12.3. The van der Waals surface area contributed by atoms with Crippen molar-refractivity contribution in [1.29, 1.82) is 0 Å². The van der Waals surface area contributed by atoms with Gasteiger partial charge in [-0.15, -0.1) is 11.3 Å². The number of aromatic nitrogens is 3. The van der Waals surface area contributed by atoms with Crippen molar-refractivity contribution < 1.29 is 19.4 Å². The summed E-state index contributed by atoms with van der Waals surface area (Å²) in [5, 5.41) is 15.8. The van der Waals surface area contributed by atoms with Crippen LogP contribution in [0.3, 0.4) is 0 Å². The molecule has 9 nitrogen and oxygen atoms in total. The van der Waals surface area contributed by atoms with Gasteiger partial charge in [0.05, 0.1) is 12.8 Å². The summed E-state index contributed by atoms with van der Waals surface area (Å²) in [7, 11) is 2.95. The maximum atomic E-state index is 13.5. The van der Waals surface area contributed by atoms with Crippen LogP contribution in [0.2, 0.25) is 0 Å². The number of carbonyl (C=O) groups is 2. The summed E-state index contributed by atoms with van der Waals surface area (Å²) in [5.41, 5.74) is 0.378. The molecule has 2 fully saturated rings. The average Bonchev–Trinajstić information content (AvgIpc) is 3.40. The lowest BCUT2D eigenvalue weighted by Gasteiger charge is -2.26. The number of ether oxygens (including phenoxy) is 1. The standard InChI is InChI=1S/C24H34N4O5S/c1-27-19(16-11-7-4-8-12-16)21(30)28(24(27)32)18(13-15-9-5-3-6-10-15)20(29)26-23-25-17(14-34-23)22(31)33-2/h14-16,18,30H,3-13H2,1-2H3,(H,25,26,29)/t18-/m0/s1. The third kappa shape index (κ3) is 5.06. The lowest BCUT2D eigenvalue weighted by Crippen LogP contribution is -2.35. The summed E-state index contributed by atoms with van der Waals surface area (Å²) in [5.74, 6) is -0.660. The molecule has 1 atom stereocenters. The lowest BCUT2D eigenvalue weighted by molar-refractivity contribution is -0.120. The molecule has 2 heterocycles. The number of methoxy groups -OCH3 is 1. The Kier molecular flexibility index (Phi) is 7.75. The number of amides is 1. The molecule has 10 heteroatoms. The number of aromatic hydroxyl groups is 1. The Bertz CT molecular complexity index is 1080. The summed E-state index contributed by atoms with van der Waals surface area (Å²) >= 11 is 1.12. The van der Waals surface area contributed by atoms with E-state index < -0.39 is 17.9 Å². The van der Waals surface area contributed by atoms with E-state index in [1.165, 1.54) is 34.5 Å². The number of esters is 1. The van der Waals surface area contributed by atoms with Gasteiger partial charge in [-0.1, -0.05) is 51.4 Å². The molecule has 0 unspecified atom stereocenters. The molecule has 0 spiro atoms. The molecule has 0 radical (unpaired) electrons. The van der Waals surface area contributed by atoms with Gasteiger partial charge in [-0.3, -0.25) is 13.9 Å². The van der Waals surface area contributed by atoms with Gasteiger partial charge in [-0.05, 0) is 25.2 Å². The van der Waals surface area contributed by atoms with Crippen LogP contribution in [0.1, 0.15) is 98.8 Å². The summed E-state index contributed by atoms with van der Waals surface area (Å²) in [6.07, 6.45) is 11.1. The first kappa shape index (κ1) is 24.5. The maximum Gasteiger partial charge on any atom is 0.357 e. The van der Waals surface area contributed by atoms with Crippen molar-refractivity contribution in [3.63, 3.8) is 0 Å². The molecule has 2 N–H and O–H groups in total. The molecular formula is C24H34N4O5S. The van der Waals surface area contributed by atoms with Crippen molar-refractivity contribution in [3.8, 4) is 5.88 Å². The van der Waals surface area contributed by atoms with E-state index in [0.29, 0.717) is 18.0 Å². The predicted molar refractivity (Wildman–Crippen MR) is 129 cm³/mol. The monoisotopic (exact) mass is 490 g/mol. The van der Waals surface area contributed by atoms with Crippen LogP contribution >= 0.6 is 11.3 Å². The van der Waals surface area contributed by atoms with Crippen molar-refractivity contribution >= 4 is 28.3 Å². The summed E-state index contributed by atoms with van der Waals surface area (Å²) in [6, 6.07) is -0.857. The Morgan fingerprint density at radius 2 is 1.82 bits per heavy atom. The topological polar surface area (TPSA) is 115 Å². The number of rotatable bonds is 7. The highest BCUT2D eigenvalue weighted by Gasteiger charge is 2.34. The molecular weight excluding hydrogens is 456 g/mol. The lowest BCUT2D eigenvalue weighted by atomic mass is 9.84. The first-order valence-corrected chi connectivity index (χ1v) is 13.1. The Morgan fingerprint density at radius 3 is 2.47 bits per heavy atom. The number of anilines is 1. The Labute approximate surface area is 203 Å². The molecule has 4 rings (SSSR count). The quantitative estimate of drug-likeness (QED) is 0.558. The fourth-order valence-electron chi connectivity index (χ4n) is 5.53. The van der Waals surface area contributed by atoms with Gasteiger partial charge in [0.2, 0.25) is 11.8 Å². The minimum Gasteiger partial charge on any atom is -0.493 e. The zero-order chi connectivity index (χ0) is 24.2. The van der Waals surface area contributed by atoms with E-state index in [1.54, 1.807) is 7.05 Å². The van der Waals surface area contributed by atoms with Crippen molar-refractivity contribution in [2.75, 3.05) is 12.4 Å². The van der Waals surface area contributed by atoms with Crippen LogP contribution in [-0.2, 0) is 16.6 Å². The number of hydrogen-bond donors (Lipinski definition) is 2. The van der Waals surface area contributed by atoms with Gasteiger partial charge < -0.3 is 15.2 Å². The largest absolute Gasteiger partial charge is 0.493 e. The Morgan fingerprint density at radius 1 is 1.18 bits per heavy atom. The summed E-state index contributed by atoms with van der Waals surface area (Å²) in [4.78, 5) is 42.7. The number of hydrogen-bond acceptors (Lipinski definition) is 7. The van der Waals surface area contributed by atoms with E-state index in [9.17, 15) is 19.5 Å². The van der Waals surface area contributed by atoms with Crippen LogP contribution in [0.15, 0.2) is 10.2 Å². The molecule has 2 saturated carbocycles. The molecule has 2 aromatic rings. The van der Waals surface area contributed by atoms with Gasteiger partial charge in [0.1, 0.15) is 6.04 Å². The molecule has 186 valence electrons. The fraction of sp³-hybridized carbons (Fsp3) is 0.667. The number of nitrogens with zero attached hydrogens (tertiary/aromatic N) is 3. The van der Waals surface area contributed by atoms with Gasteiger partial charge in [-0.25, -0.2) is 14.6 Å². The molecule has 2 aliphatic carbocycles. The third-order valence-electron chi connectivity index (χ3n) is 7.33.